The normalized spacial score (nSPS) is 9.89. The molecule has 0 aromatic carbocycles. The molecule has 19 heavy (non-hydrogen) atoms. The zero-order valence-electron chi connectivity index (χ0n) is 11.0. The molecule has 0 aliphatic carbocycles. The highest BCUT2D eigenvalue weighted by Crippen LogP contribution is 2.10. The SMILES string of the molecule is Cc1c(N)cc[n+](C(=O)N(CCCl)CCCl)c1C.[Cl-]. The van der Waals surface area contributed by atoms with E-state index in [2.05, 4.69) is 0 Å². The van der Waals surface area contributed by atoms with Crippen molar-refractivity contribution in [1.82, 2.24) is 4.90 Å². The molecule has 0 atom stereocenters. The Labute approximate surface area is 129 Å². The number of hydrogen-bond donors (Lipinski definition) is 1. The number of nitrogen functional groups attached to an aromatic ring is 1. The van der Waals surface area contributed by atoms with Gasteiger partial charge in [0.15, 0.2) is 0 Å². The van der Waals surface area contributed by atoms with Crippen LogP contribution in [-0.4, -0.2) is 35.8 Å². The van der Waals surface area contributed by atoms with E-state index in [4.69, 9.17) is 28.9 Å². The van der Waals surface area contributed by atoms with Crippen LogP contribution in [0, 0.1) is 13.8 Å². The summed E-state index contributed by atoms with van der Waals surface area (Å²) in [6.07, 6.45) is 1.68. The number of hydrogen-bond acceptors (Lipinski definition) is 2. The van der Waals surface area contributed by atoms with Gasteiger partial charge >= 0.3 is 6.03 Å². The van der Waals surface area contributed by atoms with Gasteiger partial charge in [-0.2, -0.15) is 9.36 Å². The molecule has 1 heterocycles. The van der Waals surface area contributed by atoms with E-state index in [9.17, 15) is 4.79 Å². The van der Waals surface area contributed by atoms with Gasteiger partial charge in [0, 0.05) is 17.3 Å². The highest BCUT2D eigenvalue weighted by molar-refractivity contribution is 6.18. The maximum Gasteiger partial charge on any atom is 0.498 e. The second-order valence-electron chi connectivity index (χ2n) is 4.00. The van der Waals surface area contributed by atoms with Crippen LogP contribution < -0.4 is 22.7 Å². The molecule has 0 aliphatic rings. The lowest BCUT2D eigenvalue weighted by Gasteiger charge is -2.15. The number of amides is 1. The number of rotatable bonds is 4. The maximum absolute atomic E-state index is 12.3. The summed E-state index contributed by atoms with van der Waals surface area (Å²) in [5.41, 5.74) is 8.21. The Morgan fingerprint density at radius 3 is 2.32 bits per heavy atom. The van der Waals surface area contributed by atoms with Crippen molar-refractivity contribution in [2.75, 3.05) is 30.6 Å². The molecule has 4 nitrogen and oxygen atoms in total. The van der Waals surface area contributed by atoms with Crippen molar-refractivity contribution < 1.29 is 21.8 Å². The molecule has 1 aromatic rings. The monoisotopic (exact) mass is 325 g/mol. The summed E-state index contributed by atoms with van der Waals surface area (Å²) in [5.74, 6) is 0.770. The van der Waals surface area contributed by atoms with Crippen LogP contribution in [0.5, 0.6) is 0 Å². The van der Waals surface area contributed by atoms with E-state index in [1.165, 1.54) is 0 Å². The van der Waals surface area contributed by atoms with Crippen LogP contribution in [0.25, 0.3) is 0 Å². The lowest BCUT2D eigenvalue weighted by atomic mass is 10.2. The fourth-order valence-corrected chi connectivity index (χ4v) is 2.06. The number of pyridine rings is 1. The summed E-state index contributed by atoms with van der Waals surface area (Å²) in [7, 11) is 0. The first-order valence-electron chi connectivity index (χ1n) is 5.71. The van der Waals surface area contributed by atoms with Gasteiger partial charge in [-0.05, 0) is 13.8 Å². The van der Waals surface area contributed by atoms with Crippen molar-refractivity contribution in [1.29, 1.82) is 0 Å². The number of nitrogens with two attached hydrogens (primary N) is 1. The molecule has 1 amide bonds. The van der Waals surface area contributed by atoms with Gasteiger partial charge < -0.3 is 18.1 Å². The van der Waals surface area contributed by atoms with E-state index in [-0.39, 0.29) is 18.4 Å². The number of carbonyl (C=O) groups excluding carboxylic acids is 1. The van der Waals surface area contributed by atoms with Crippen LogP contribution in [0.15, 0.2) is 12.3 Å². The smallest absolute Gasteiger partial charge is 0.498 e. The summed E-state index contributed by atoms with van der Waals surface area (Å²) in [6.45, 7) is 4.71. The van der Waals surface area contributed by atoms with E-state index in [1.54, 1.807) is 21.7 Å². The average molecular weight is 327 g/mol. The summed E-state index contributed by atoms with van der Waals surface area (Å²) in [5, 5.41) is 0. The van der Waals surface area contributed by atoms with E-state index in [0.29, 0.717) is 30.5 Å². The molecule has 1 aromatic heterocycles. The minimum Gasteiger partial charge on any atom is -1.00 e. The average Bonchev–Trinajstić information content (AvgIpc) is 2.35. The first-order valence-corrected chi connectivity index (χ1v) is 6.78. The minimum absolute atomic E-state index is 0. The number of nitrogens with zero attached hydrogens (tertiary/aromatic N) is 2. The summed E-state index contributed by atoms with van der Waals surface area (Å²) in [6, 6.07) is 1.59. The van der Waals surface area contributed by atoms with Crippen LogP contribution in [0.3, 0.4) is 0 Å². The predicted octanol–water partition coefficient (Wildman–Crippen LogP) is -1.08. The van der Waals surface area contributed by atoms with Crippen LogP contribution in [0.2, 0.25) is 0 Å². The van der Waals surface area contributed by atoms with Gasteiger partial charge in [0.1, 0.15) is 25.0 Å². The Morgan fingerprint density at radius 1 is 1.32 bits per heavy atom. The highest BCUT2D eigenvalue weighted by Gasteiger charge is 2.25. The number of halogens is 3. The predicted molar refractivity (Wildman–Crippen MR) is 74.3 cm³/mol. The van der Waals surface area contributed by atoms with Gasteiger partial charge in [0.2, 0.25) is 0 Å². The molecule has 2 N–H and O–H groups in total. The lowest BCUT2D eigenvalue weighted by molar-refractivity contribution is -0.585. The summed E-state index contributed by atoms with van der Waals surface area (Å²) >= 11 is 11.4. The molecule has 1 rings (SSSR count). The first-order chi connectivity index (χ1) is 8.52. The van der Waals surface area contributed by atoms with Gasteiger partial charge in [0.25, 0.3) is 0 Å². The van der Waals surface area contributed by atoms with Crippen molar-refractivity contribution in [3.05, 3.63) is 23.5 Å². The molecule has 0 radical (unpaired) electrons. The zero-order chi connectivity index (χ0) is 13.7. The lowest BCUT2D eigenvalue weighted by Crippen LogP contribution is -3.00. The number of aromatic nitrogens is 1. The van der Waals surface area contributed by atoms with E-state index < -0.39 is 0 Å². The number of alkyl halides is 2. The van der Waals surface area contributed by atoms with E-state index in [1.807, 2.05) is 13.8 Å². The van der Waals surface area contributed by atoms with Crippen molar-refractivity contribution in [3.63, 3.8) is 0 Å². The minimum atomic E-state index is -0.128. The van der Waals surface area contributed by atoms with E-state index >= 15 is 0 Å². The standard InChI is InChI=1S/C12H17Cl2N3O.ClH/c1-9-10(2)17(6-3-11(9)15)12(18)16(7-4-13)8-5-14;/h3,6,15H,4-5,7-8H2,1-2H3;1H. The Balaban J connectivity index is 0.00000324. The molecular formula is C12H18Cl3N3O. The molecule has 0 unspecified atom stereocenters. The highest BCUT2D eigenvalue weighted by atomic mass is 35.5. The van der Waals surface area contributed by atoms with Crippen LogP contribution >= 0.6 is 23.2 Å². The van der Waals surface area contributed by atoms with Crippen molar-refractivity contribution in [3.8, 4) is 0 Å². The molecule has 0 saturated heterocycles. The Morgan fingerprint density at radius 2 is 1.84 bits per heavy atom. The Hall–Kier alpha value is -0.710. The molecule has 0 fully saturated rings. The Kier molecular flexibility index (Phi) is 8.14. The topological polar surface area (TPSA) is 50.2 Å². The van der Waals surface area contributed by atoms with Crippen molar-refractivity contribution >= 4 is 34.9 Å². The molecule has 0 bridgehead atoms. The third kappa shape index (κ3) is 4.41. The van der Waals surface area contributed by atoms with E-state index in [0.717, 1.165) is 11.3 Å². The van der Waals surface area contributed by atoms with Crippen molar-refractivity contribution in [2.24, 2.45) is 0 Å². The quantitative estimate of drug-likeness (QED) is 0.565. The third-order valence-corrected chi connectivity index (χ3v) is 3.26. The summed E-state index contributed by atoms with van der Waals surface area (Å²) < 4.78 is 1.57. The number of anilines is 1. The fourth-order valence-electron chi connectivity index (χ4n) is 1.65. The molecular weight excluding hydrogens is 309 g/mol. The molecule has 108 valence electrons. The molecule has 0 aliphatic heterocycles. The largest absolute Gasteiger partial charge is 1.00 e. The number of carbonyl (C=O) groups is 1. The zero-order valence-corrected chi connectivity index (χ0v) is 13.3. The first kappa shape index (κ1) is 18.3. The second-order valence-corrected chi connectivity index (χ2v) is 4.76. The van der Waals surface area contributed by atoms with Crippen LogP contribution in [-0.2, 0) is 0 Å². The van der Waals surface area contributed by atoms with Gasteiger partial charge in [-0.3, -0.25) is 0 Å². The maximum atomic E-state index is 12.3. The Bertz CT molecular complexity index is 434. The van der Waals surface area contributed by atoms with Gasteiger partial charge in [0.05, 0.1) is 11.8 Å². The second kappa shape index (κ2) is 8.46. The van der Waals surface area contributed by atoms with Crippen LogP contribution in [0.4, 0.5) is 10.5 Å². The molecule has 0 saturated carbocycles. The van der Waals surface area contributed by atoms with Gasteiger partial charge in [-0.25, -0.2) is 4.90 Å². The third-order valence-electron chi connectivity index (χ3n) is 2.93. The van der Waals surface area contributed by atoms with Crippen molar-refractivity contribution in [2.45, 2.75) is 13.8 Å². The fraction of sp³-hybridized carbons (Fsp3) is 0.500. The molecule has 7 heteroatoms. The molecule has 0 spiro atoms. The van der Waals surface area contributed by atoms with Crippen LogP contribution in [0.1, 0.15) is 11.3 Å². The van der Waals surface area contributed by atoms with Gasteiger partial charge in [-0.1, -0.05) is 0 Å². The van der Waals surface area contributed by atoms with Gasteiger partial charge in [-0.15, -0.1) is 23.2 Å². The summed E-state index contributed by atoms with van der Waals surface area (Å²) in [4.78, 5) is 14.0.